The van der Waals surface area contributed by atoms with Crippen LogP contribution in [0.25, 0.3) is 16.8 Å². The van der Waals surface area contributed by atoms with Crippen LogP contribution in [0.1, 0.15) is 27.8 Å². The zero-order valence-electron chi connectivity index (χ0n) is 16.0. The molecule has 1 aliphatic heterocycles. The molecule has 0 amide bonds. The van der Waals surface area contributed by atoms with Crippen LogP contribution in [0.2, 0.25) is 0 Å². The molecule has 1 aliphatic rings. The fraction of sp³-hybridized carbons (Fsp3) is 0.0370. The highest BCUT2D eigenvalue weighted by atomic mass is 16.5. The Bertz CT molecular complexity index is 1310. The molecule has 1 heterocycles. The summed E-state index contributed by atoms with van der Waals surface area (Å²) in [6, 6.07) is 31.5. The minimum Gasteiger partial charge on any atom is -0.473 e. The summed E-state index contributed by atoms with van der Waals surface area (Å²) in [6.45, 7) is 0. The zero-order chi connectivity index (χ0) is 20.6. The van der Waals surface area contributed by atoms with E-state index in [9.17, 15) is 10.5 Å². The van der Waals surface area contributed by atoms with E-state index in [2.05, 4.69) is 42.5 Å². The fourth-order valence-corrected chi connectivity index (χ4v) is 4.01. The van der Waals surface area contributed by atoms with Crippen molar-refractivity contribution >= 4 is 16.8 Å². The molecule has 4 aromatic carbocycles. The summed E-state index contributed by atoms with van der Waals surface area (Å²) in [5.74, 6) is 0.796. The van der Waals surface area contributed by atoms with Crippen LogP contribution in [0, 0.1) is 22.7 Å². The average Bonchev–Trinajstić information content (AvgIpc) is 2.83. The Morgan fingerprint density at radius 1 is 0.667 bits per heavy atom. The van der Waals surface area contributed by atoms with Gasteiger partial charge in [-0.25, -0.2) is 0 Å². The maximum Gasteiger partial charge on any atom is 0.178 e. The molecule has 4 aromatic rings. The van der Waals surface area contributed by atoms with Gasteiger partial charge in [-0.3, -0.25) is 0 Å². The number of nitrogens with zero attached hydrogens (tertiary/aromatic N) is 2. The molecular formula is C27H16N2O. The lowest BCUT2D eigenvalue weighted by atomic mass is 9.82. The van der Waals surface area contributed by atoms with Crippen molar-refractivity contribution in [3.63, 3.8) is 0 Å². The quantitative estimate of drug-likeness (QED) is 0.430. The molecule has 0 saturated carbocycles. The van der Waals surface area contributed by atoms with Crippen LogP contribution < -0.4 is 4.74 Å². The monoisotopic (exact) mass is 384 g/mol. The molecule has 0 atom stereocenters. The van der Waals surface area contributed by atoms with Crippen LogP contribution in [-0.2, 0) is 5.60 Å². The maximum atomic E-state index is 9.18. The second kappa shape index (κ2) is 6.92. The van der Waals surface area contributed by atoms with Gasteiger partial charge in [0.2, 0.25) is 0 Å². The van der Waals surface area contributed by atoms with E-state index in [-0.39, 0.29) is 0 Å². The van der Waals surface area contributed by atoms with Crippen molar-refractivity contribution in [3.8, 4) is 17.9 Å². The average molecular weight is 384 g/mol. The number of rotatable bonds is 2. The van der Waals surface area contributed by atoms with E-state index >= 15 is 0 Å². The highest BCUT2D eigenvalue weighted by Crippen LogP contribution is 2.44. The highest BCUT2D eigenvalue weighted by molar-refractivity contribution is 5.94. The first-order chi connectivity index (χ1) is 14.7. The summed E-state index contributed by atoms with van der Waals surface area (Å²) in [5.41, 5.74) is 3.23. The summed E-state index contributed by atoms with van der Waals surface area (Å²) >= 11 is 0. The van der Waals surface area contributed by atoms with Crippen LogP contribution in [0.4, 0.5) is 0 Å². The summed E-state index contributed by atoms with van der Waals surface area (Å²) in [7, 11) is 0. The van der Waals surface area contributed by atoms with Crippen molar-refractivity contribution in [2.24, 2.45) is 0 Å². The van der Waals surface area contributed by atoms with E-state index in [1.807, 2.05) is 42.5 Å². The molecule has 30 heavy (non-hydrogen) atoms. The number of nitriles is 2. The molecule has 5 rings (SSSR count). The number of hydrogen-bond donors (Lipinski definition) is 0. The standard InChI is InChI=1S/C27H16N2O/c28-17-19-5-10-22(11-6-19)27(23-12-7-20(18-29)8-13-23)16-15-25-24-4-2-1-3-21(24)9-14-26(25)30-27/h1-16H. The first kappa shape index (κ1) is 17.7. The third-order valence-corrected chi connectivity index (χ3v) is 5.57. The van der Waals surface area contributed by atoms with Crippen LogP contribution in [0.15, 0.2) is 91.0 Å². The van der Waals surface area contributed by atoms with E-state index in [1.165, 1.54) is 0 Å². The third kappa shape index (κ3) is 2.73. The van der Waals surface area contributed by atoms with Gasteiger partial charge in [0.1, 0.15) is 5.75 Å². The van der Waals surface area contributed by atoms with Crippen LogP contribution in [0.3, 0.4) is 0 Å². The van der Waals surface area contributed by atoms with E-state index < -0.39 is 5.60 Å². The number of ether oxygens (including phenoxy) is 1. The van der Waals surface area contributed by atoms with Gasteiger partial charge in [0.25, 0.3) is 0 Å². The molecule has 3 nitrogen and oxygen atoms in total. The smallest absolute Gasteiger partial charge is 0.178 e. The molecule has 0 aliphatic carbocycles. The van der Waals surface area contributed by atoms with Gasteiger partial charge in [-0.15, -0.1) is 0 Å². The Morgan fingerprint density at radius 3 is 1.87 bits per heavy atom. The van der Waals surface area contributed by atoms with Crippen LogP contribution in [0.5, 0.6) is 5.75 Å². The molecule has 0 N–H and O–H groups in total. The van der Waals surface area contributed by atoms with Crippen molar-refractivity contribution in [2.75, 3.05) is 0 Å². The summed E-state index contributed by atoms with van der Waals surface area (Å²) in [5, 5.41) is 20.7. The first-order valence-corrected chi connectivity index (χ1v) is 9.65. The zero-order valence-corrected chi connectivity index (χ0v) is 16.0. The lowest BCUT2D eigenvalue weighted by Gasteiger charge is -2.36. The van der Waals surface area contributed by atoms with Gasteiger partial charge in [0.15, 0.2) is 5.60 Å². The van der Waals surface area contributed by atoms with Crippen LogP contribution >= 0.6 is 0 Å². The maximum absolute atomic E-state index is 9.18. The Hall–Kier alpha value is -4.34. The molecule has 140 valence electrons. The molecule has 3 heteroatoms. The largest absolute Gasteiger partial charge is 0.473 e. The second-order valence-corrected chi connectivity index (χ2v) is 7.25. The van der Waals surface area contributed by atoms with Gasteiger partial charge in [0.05, 0.1) is 23.3 Å². The molecule has 0 bridgehead atoms. The van der Waals surface area contributed by atoms with Gasteiger partial charge in [-0.2, -0.15) is 10.5 Å². The topological polar surface area (TPSA) is 56.8 Å². The van der Waals surface area contributed by atoms with Gasteiger partial charge in [-0.05, 0) is 53.3 Å². The van der Waals surface area contributed by atoms with Gasteiger partial charge < -0.3 is 4.74 Å². The normalized spacial score (nSPS) is 13.7. The molecule has 0 aromatic heterocycles. The number of fused-ring (bicyclic) bond motifs is 3. The molecule has 0 radical (unpaired) electrons. The predicted octanol–water partition coefficient (Wildman–Crippen LogP) is 5.93. The van der Waals surface area contributed by atoms with Gasteiger partial charge in [-0.1, -0.05) is 54.6 Å². The number of benzene rings is 4. The Balaban J connectivity index is 1.72. The lowest BCUT2D eigenvalue weighted by Crippen LogP contribution is -2.34. The molecule has 0 unspecified atom stereocenters. The van der Waals surface area contributed by atoms with Crippen LogP contribution in [-0.4, -0.2) is 0 Å². The van der Waals surface area contributed by atoms with Crippen molar-refractivity contribution < 1.29 is 4.74 Å². The summed E-state index contributed by atoms with van der Waals surface area (Å²) in [4.78, 5) is 0. The third-order valence-electron chi connectivity index (χ3n) is 5.57. The van der Waals surface area contributed by atoms with Gasteiger partial charge >= 0.3 is 0 Å². The SMILES string of the molecule is N#Cc1ccc(C2(c3ccc(C#N)cc3)C=Cc3c(ccc4ccccc34)O2)cc1. The second-order valence-electron chi connectivity index (χ2n) is 7.25. The first-order valence-electron chi connectivity index (χ1n) is 9.65. The predicted molar refractivity (Wildman–Crippen MR) is 117 cm³/mol. The fourth-order valence-electron chi connectivity index (χ4n) is 4.01. The molecule has 0 fully saturated rings. The van der Waals surface area contributed by atoms with Crippen molar-refractivity contribution in [1.29, 1.82) is 10.5 Å². The minimum absolute atomic E-state index is 0.597. The molecular weight excluding hydrogens is 368 g/mol. The Kier molecular flexibility index (Phi) is 4.09. The minimum atomic E-state index is -0.850. The van der Waals surface area contributed by atoms with Crippen molar-refractivity contribution in [3.05, 3.63) is 119 Å². The summed E-state index contributed by atoms with van der Waals surface area (Å²) in [6.07, 6.45) is 4.17. The van der Waals surface area contributed by atoms with Gasteiger partial charge in [0, 0.05) is 16.7 Å². The van der Waals surface area contributed by atoms with E-state index in [1.54, 1.807) is 24.3 Å². The van der Waals surface area contributed by atoms with E-state index in [0.29, 0.717) is 11.1 Å². The molecule has 0 saturated heterocycles. The number of hydrogen-bond acceptors (Lipinski definition) is 3. The summed E-state index contributed by atoms with van der Waals surface area (Å²) < 4.78 is 6.69. The van der Waals surface area contributed by atoms with Crippen molar-refractivity contribution in [2.45, 2.75) is 5.60 Å². The lowest BCUT2D eigenvalue weighted by molar-refractivity contribution is 0.161. The van der Waals surface area contributed by atoms with Crippen molar-refractivity contribution in [1.82, 2.24) is 0 Å². The molecule has 0 spiro atoms. The van der Waals surface area contributed by atoms with E-state index in [0.717, 1.165) is 33.2 Å². The highest BCUT2D eigenvalue weighted by Gasteiger charge is 2.37. The van der Waals surface area contributed by atoms with E-state index in [4.69, 9.17) is 4.74 Å². The Labute approximate surface area is 174 Å². The Morgan fingerprint density at radius 2 is 1.27 bits per heavy atom.